The molecule has 0 saturated heterocycles. The number of thiophene rings is 4. The van der Waals surface area contributed by atoms with Crippen molar-refractivity contribution in [1.82, 2.24) is 0 Å². The van der Waals surface area contributed by atoms with Crippen LogP contribution in [0.3, 0.4) is 0 Å². The fourth-order valence-corrected chi connectivity index (χ4v) is 27.5. The zero-order valence-corrected chi connectivity index (χ0v) is 40.3. The summed E-state index contributed by atoms with van der Waals surface area (Å²) in [5.74, 6) is 0. The molecule has 10 aromatic carbocycles. The summed E-state index contributed by atoms with van der Waals surface area (Å²) in [6.45, 7) is 0. The zero-order chi connectivity index (χ0) is 42.6. The van der Waals surface area contributed by atoms with Gasteiger partial charge in [0.2, 0.25) is 0 Å². The van der Waals surface area contributed by atoms with E-state index in [0.717, 1.165) is 0 Å². The van der Waals surface area contributed by atoms with Gasteiger partial charge in [-0.25, -0.2) is 0 Å². The molecular weight excluding hydrogens is 922 g/mol. The van der Waals surface area contributed by atoms with Crippen LogP contribution in [0, 0.1) is 0 Å². The normalized spacial score (nSPS) is 12.3. The summed E-state index contributed by atoms with van der Waals surface area (Å²) in [4.78, 5) is 0. The van der Waals surface area contributed by atoms with E-state index in [-0.39, 0.29) is 0 Å². The Morgan fingerprint density at radius 1 is 0.231 bits per heavy atom. The third-order valence-corrected chi connectivity index (χ3v) is 29.3. The maximum absolute atomic E-state index is 3.81. The zero-order valence-electron chi connectivity index (χ0n) is 34.9. The average Bonchev–Trinajstić information content (AvgIpc) is 4.15. The van der Waals surface area contributed by atoms with Crippen molar-refractivity contribution in [3.63, 3.8) is 0 Å². The van der Waals surface area contributed by atoms with E-state index in [9.17, 15) is 0 Å². The molecule has 0 radical (unpaired) electrons. The molecule has 4 heterocycles. The van der Waals surface area contributed by atoms with Crippen LogP contribution in [0.25, 0.3) is 103 Å². The molecular formula is C60H36GeS4. The Bertz CT molecular complexity index is 3920. The minimum absolute atomic E-state index is 1.26. The van der Waals surface area contributed by atoms with Gasteiger partial charge in [0.05, 0.1) is 0 Å². The molecule has 5 heteroatoms. The summed E-state index contributed by atoms with van der Waals surface area (Å²) in [5.41, 5.74) is 5.05. The summed E-state index contributed by atoms with van der Waals surface area (Å²) >= 11 is 3.89. The molecule has 14 aromatic rings. The monoisotopic (exact) mass is 958 g/mol. The number of hydrogen-bond acceptors (Lipinski definition) is 4. The van der Waals surface area contributed by atoms with Gasteiger partial charge in [-0.3, -0.25) is 0 Å². The quantitative estimate of drug-likeness (QED) is 0.146. The Morgan fingerprint density at radius 3 is 0.969 bits per heavy atom. The fourth-order valence-electron chi connectivity index (χ4n) is 10.7. The molecule has 304 valence electrons. The van der Waals surface area contributed by atoms with Crippen LogP contribution in [0.5, 0.6) is 0 Å². The SMILES string of the molecule is c1cc[c]([Ge]([c]2ccccc2)([c]2cccc3c2sc2ccc(-c4ccc5sc6ccccc6c5c4)cc23)[c]2cccc3c2sc2ccc(-c4ccc5sc6ccccc6c5c4)cc23)cc1. The fraction of sp³-hybridized carbons (Fsp3) is 0. The van der Waals surface area contributed by atoms with Gasteiger partial charge in [-0.15, -0.1) is 0 Å². The molecule has 0 N–H and O–H groups in total. The molecule has 0 atom stereocenters. The van der Waals surface area contributed by atoms with Gasteiger partial charge in [-0.2, -0.15) is 0 Å². The van der Waals surface area contributed by atoms with E-state index in [4.69, 9.17) is 0 Å². The van der Waals surface area contributed by atoms with Gasteiger partial charge in [0, 0.05) is 0 Å². The van der Waals surface area contributed by atoms with Crippen LogP contribution in [0.4, 0.5) is 0 Å². The topological polar surface area (TPSA) is 0 Å². The Morgan fingerprint density at radius 2 is 0.554 bits per heavy atom. The third-order valence-electron chi connectivity index (χ3n) is 13.6. The molecule has 0 aliphatic carbocycles. The van der Waals surface area contributed by atoms with Crippen LogP contribution < -0.4 is 17.6 Å². The van der Waals surface area contributed by atoms with Crippen molar-refractivity contribution in [3.8, 4) is 22.3 Å². The molecule has 0 nitrogen and oxygen atoms in total. The average molecular weight is 958 g/mol. The van der Waals surface area contributed by atoms with Gasteiger partial charge in [-0.1, -0.05) is 12.1 Å². The molecule has 0 aliphatic heterocycles. The predicted octanol–water partition coefficient (Wildman–Crippen LogP) is 15.9. The first-order valence-electron chi connectivity index (χ1n) is 22.0. The first kappa shape index (κ1) is 37.9. The van der Waals surface area contributed by atoms with Crippen LogP contribution in [-0.4, -0.2) is 13.3 Å². The summed E-state index contributed by atoms with van der Waals surface area (Å²) in [7, 11) is 0. The van der Waals surface area contributed by atoms with E-state index >= 15 is 0 Å². The van der Waals surface area contributed by atoms with Crippen LogP contribution in [0.15, 0.2) is 218 Å². The van der Waals surface area contributed by atoms with Crippen molar-refractivity contribution in [1.29, 1.82) is 0 Å². The van der Waals surface area contributed by atoms with E-state index in [1.165, 1.54) is 121 Å². The van der Waals surface area contributed by atoms with Crippen LogP contribution in [-0.2, 0) is 0 Å². The van der Waals surface area contributed by atoms with Crippen molar-refractivity contribution in [2.24, 2.45) is 0 Å². The summed E-state index contributed by atoms with van der Waals surface area (Å²) < 4.78 is 16.7. The Kier molecular flexibility index (Phi) is 8.66. The van der Waals surface area contributed by atoms with Crippen molar-refractivity contribution < 1.29 is 0 Å². The number of rotatable bonds is 6. The Labute approximate surface area is 394 Å². The summed E-state index contributed by atoms with van der Waals surface area (Å²) in [5, 5.41) is 10.7. The van der Waals surface area contributed by atoms with Gasteiger partial charge < -0.3 is 0 Å². The van der Waals surface area contributed by atoms with Gasteiger partial charge in [0.25, 0.3) is 0 Å². The molecule has 0 bridgehead atoms. The van der Waals surface area contributed by atoms with Crippen molar-refractivity contribution in [2.75, 3.05) is 0 Å². The number of hydrogen-bond donors (Lipinski definition) is 0. The third kappa shape index (κ3) is 5.78. The van der Waals surface area contributed by atoms with Crippen molar-refractivity contribution in [2.45, 2.75) is 0 Å². The first-order chi connectivity index (χ1) is 32.2. The van der Waals surface area contributed by atoms with Crippen LogP contribution >= 0.6 is 45.3 Å². The van der Waals surface area contributed by atoms with Crippen molar-refractivity contribution in [3.05, 3.63) is 218 Å². The second-order valence-electron chi connectivity index (χ2n) is 17.1. The standard InChI is InChI=1S/C60H36GeS4/c1-3-13-41(14-4-1)61(42-15-5-2-6-16-42,51-21-11-19-45-49-35-39(27-31-57(49)64-59(45)51)37-25-29-55-47(33-37)43-17-7-9-23-53(43)62-55)52-22-12-20-46-50-36-40(28-32-58(50)65-60(46)52)38-26-30-56-48(34-38)44-18-8-10-24-54(44)63-56/h1-36H. The molecule has 0 fully saturated rings. The maximum atomic E-state index is 2.49. The van der Waals surface area contributed by atoms with E-state index < -0.39 is 13.3 Å². The number of fused-ring (bicyclic) bond motifs is 12. The first-order valence-corrected chi connectivity index (χ1v) is 29.5. The molecule has 4 aromatic heterocycles. The molecule has 0 saturated carbocycles. The van der Waals surface area contributed by atoms with Crippen molar-refractivity contribution >= 4 is 157 Å². The predicted molar refractivity (Wildman–Crippen MR) is 292 cm³/mol. The van der Waals surface area contributed by atoms with E-state index in [2.05, 4.69) is 218 Å². The van der Waals surface area contributed by atoms with E-state index in [0.29, 0.717) is 0 Å². The van der Waals surface area contributed by atoms with Gasteiger partial charge >= 0.3 is 385 Å². The van der Waals surface area contributed by atoms with E-state index in [1.807, 2.05) is 45.3 Å². The van der Waals surface area contributed by atoms with Gasteiger partial charge in [0.1, 0.15) is 0 Å². The van der Waals surface area contributed by atoms with E-state index in [1.54, 1.807) is 0 Å². The molecule has 14 rings (SSSR count). The second-order valence-corrected chi connectivity index (χ2v) is 29.2. The van der Waals surface area contributed by atoms with Gasteiger partial charge in [-0.05, 0) is 0 Å². The molecule has 65 heavy (non-hydrogen) atoms. The summed E-state index contributed by atoms with van der Waals surface area (Å²) in [6, 6.07) is 83.5. The van der Waals surface area contributed by atoms with Crippen LogP contribution in [0.2, 0.25) is 0 Å². The molecule has 0 aliphatic rings. The van der Waals surface area contributed by atoms with Gasteiger partial charge in [0.15, 0.2) is 0 Å². The number of benzene rings is 10. The summed E-state index contributed by atoms with van der Waals surface area (Å²) in [6.07, 6.45) is 0. The molecule has 0 spiro atoms. The second kappa shape index (κ2) is 14.8. The minimum atomic E-state index is -3.81. The Hall–Kier alpha value is -6.38. The van der Waals surface area contributed by atoms with Crippen LogP contribution in [0.1, 0.15) is 0 Å². The Balaban J connectivity index is 0.993. The molecule has 0 amide bonds. The molecule has 0 unspecified atom stereocenters.